The molecule has 0 amide bonds. The van der Waals surface area contributed by atoms with Crippen molar-refractivity contribution >= 4 is 21.7 Å². The average Bonchev–Trinajstić information content (AvgIpc) is 2.42. The van der Waals surface area contributed by atoms with Crippen LogP contribution in [0.5, 0.6) is 0 Å². The Bertz CT molecular complexity index is 507. The molecule has 0 aliphatic heterocycles. The molecule has 1 saturated carbocycles. The lowest BCUT2D eigenvalue weighted by Gasteiger charge is -2.43. The summed E-state index contributed by atoms with van der Waals surface area (Å²) in [5.41, 5.74) is 4.61. The topological polar surface area (TPSA) is 50.9 Å². The molecule has 21 heavy (non-hydrogen) atoms. The summed E-state index contributed by atoms with van der Waals surface area (Å²) in [7, 11) is 0. The van der Waals surface area contributed by atoms with Gasteiger partial charge in [0.25, 0.3) is 0 Å². The molecule has 7 heteroatoms. The molecule has 0 saturated heterocycles. The first kappa shape index (κ1) is 16.5. The number of pyridine rings is 1. The number of aromatic nitrogens is 1. The Kier molecular flexibility index (Phi) is 4.82. The normalized spacial score (nSPS) is 26.7. The van der Waals surface area contributed by atoms with Gasteiger partial charge in [-0.2, -0.15) is 13.2 Å². The van der Waals surface area contributed by atoms with Crippen molar-refractivity contribution < 1.29 is 13.2 Å². The largest absolute Gasteiger partial charge is 0.419 e. The van der Waals surface area contributed by atoms with Crippen LogP contribution >= 0.6 is 15.9 Å². The monoisotopic (exact) mass is 365 g/mol. The van der Waals surface area contributed by atoms with E-state index in [-0.39, 0.29) is 11.7 Å². The highest BCUT2D eigenvalue weighted by molar-refractivity contribution is 9.10. The highest BCUT2D eigenvalue weighted by atomic mass is 79.9. The lowest BCUT2D eigenvalue weighted by atomic mass is 9.73. The predicted octanol–water partition coefficient (Wildman–Crippen LogP) is 4.18. The molecule has 3 nitrogen and oxygen atoms in total. The van der Waals surface area contributed by atoms with Gasteiger partial charge in [-0.25, -0.2) is 4.98 Å². The van der Waals surface area contributed by atoms with Crippen LogP contribution in [0.25, 0.3) is 0 Å². The Morgan fingerprint density at radius 1 is 1.48 bits per heavy atom. The fourth-order valence-corrected chi connectivity index (χ4v) is 3.28. The lowest BCUT2D eigenvalue weighted by Crippen LogP contribution is -2.52. The molecule has 2 rings (SSSR count). The van der Waals surface area contributed by atoms with Gasteiger partial charge in [0.1, 0.15) is 5.82 Å². The third kappa shape index (κ3) is 3.51. The van der Waals surface area contributed by atoms with Gasteiger partial charge in [-0.15, -0.1) is 0 Å². The molecule has 0 aromatic carbocycles. The minimum absolute atomic E-state index is 0.134. The maximum absolute atomic E-state index is 13.2. The fourth-order valence-electron chi connectivity index (χ4n) is 2.94. The van der Waals surface area contributed by atoms with Crippen molar-refractivity contribution in [1.29, 1.82) is 0 Å². The summed E-state index contributed by atoms with van der Waals surface area (Å²) < 4.78 is 39.8. The van der Waals surface area contributed by atoms with E-state index in [1.807, 2.05) is 6.92 Å². The zero-order chi connectivity index (χ0) is 15.7. The first-order valence-corrected chi connectivity index (χ1v) is 7.79. The van der Waals surface area contributed by atoms with E-state index in [2.05, 4.69) is 26.2 Å². The van der Waals surface area contributed by atoms with Crippen LogP contribution in [0.2, 0.25) is 0 Å². The summed E-state index contributed by atoms with van der Waals surface area (Å²) in [5.74, 6) is 0.0766. The van der Waals surface area contributed by atoms with Gasteiger partial charge in [0, 0.05) is 17.2 Å². The van der Waals surface area contributed by atoms with Crippen LogP contribution in [0.3, 0.4) is 0 Å². The molecule has 1 aliphatic rings. The summed E-state index contributed by atoms with van der Waals surface area (Å²) in [6.07, 6.45) is 0.695. The molecule has 2 atom stereocenters. The van der Waals surface area contributed by atoms with Crippen LogP contribution in [-0.2, 0) is 6.18 Å². The maximum Gasteiger partial charge on any atom is 0.419 e. The average molecular weight is 366 g/mol. The van der Waals surface area contributed by atoms with Crippen LogP contribution < -0.4 is 11.1 Å². The van der Waals surface area contributed by atoms with Gasteiger partial charge in [-0.1, -0.05) is 19.8 Å². The highest BCUT2D eigenvalue weighted by Gasteiger charge is 2.41. The van der Waals surface area contributed by atoms with Gasteiger partial charge in [0.2, 0.25) is 0 Å². The number of nitrogens with two attached hydrogens (primary N) is 1. The molecular weight excluding hydrogens is 347 g/mol. The Balaban J connectivity index is 2.38. The first-order valence-electron chi connectivity index (χ1n) is 6.99. The maximum atomic E-state index is 13.2. The Morgan fingerprint density at radius 2 is 2.19 bits per heavy atom. The predicted molar refractivity (Wildman–Crippen MR) is 80.0 cm³/mol. The number of hydrogen-bond donors (Lipinski definition) is 2. The zero-order valence-corrected chi connectivity index (χ0v) is 13.4. The number of nitrogens with zero attached hydrogens (tertiary/aromatic N) is 1. The van der Waals surface area contributed by atoms with E-state index in [1.54, 1.807) is 0 Å². The van der Waals surface area contributed by atoms with Gasteiger partial charge in [0.15, 0.2) is 0 Å². The van der Waals surface area contributed by atoms with Crippen molar-refractivity contribution in [2.45, 2.75) is 44.3 Å². The molecule has 118 valence electrons. The lowest BCUT2D eigenvalue weighted by molar-refractivity contribution is -0.137. The van der Waals surface area contributed by atoms with E-state index in [4.69, 9.17) is 5.73 Å². The van der Waals surface area contributed by atoms with Gasteiger partial charge >= 0.3 is 6.18 Å². The van der Waals surface area contributed by atoms with Crippen LogP contribution in [0.15, 0.2) is 16.7 Å². The van der Waals surface area contributed by atoms with Gasteiger partial charge in [-0.05, 0) is 40.8 Å². The van der Waals surface area contributed by atoms with E-state index in [0.717, 1.165) is 31.7 Å². The summed E-state index contributed by atoms with van der Waals surface area (Å²) in [6.45, 7) is 2.33. The standard InChI is InChI=1S/C14H19BrF3N3/c1-9-4-2-3-5-13(9,8-19)21-12-11(14(16,17)18)6-10(15)7-20-12/h6-7,9H,2-5,8,19H2,1H3,(H,20,21). The molecule has 1 heterocycles. The molecule has 0 spiro atoms. The summed E-state index contributed by atoms with van der Waals surface area (Å²) >= 11 is 3.04. The molecule has 2 unspecified atom stereocenters. The Morgan fingerprint density at radius 3 is 2.76 bits per heavy atom. The molecule has 1 aromatic rings. The van der Waals surface area contributed by atoms with Crippen molar-refractivity contribution in [2.75, 3.05) is 11.9 Å². The molecule has 1 fully saturated rings. The summed E-state index contributed by atoms with van der Waals surface area (Å²) in [6, 6.07) is 1.05. The van der Waals surface area contributed by atoms with Gasteiger partial charge in [-0.3, -0.25) is 0 Å². The van der Waals surface area contributed by atoms with E-state index >= 15 is 0 Å². The summed E-state index contributed by atoms with van der Waals surface area (Å²) in [4.78, 5) is 3.93. The minimum Gasteiger partial charge on any atom is -0.363 e. The van der Waals surface area contributed by atoms with Crippen molar-refractivity contribution in [1.82, 2.24) is 4.98 Å². The van der Waals surface area contributed by atoms with Crippen molar-refractivity contribution in [3.8, 4) is 0 Å². The Labute approximate surface area is 130 Å². The highest BCUT2D eigenvalue weighted by Crippen LogP contribution is 2.40. The van der Waals surface area contributed by atoms with Crippen molar-refractivity contribution in [3.63, 3.8) is 0 Å². The van der Waals surface area contributed by atoms with Crippen LogP contribution in [0.4, 0.5) is 19.0 Å². The van der Waals surface area contributed by atoms with Crippen molar-refractivity contribution in [3.05, 3.63) is 22.3 Å². The van der Waals surface area contributed by atoms with E-state index < -0.39 is 17.3 Å². The third-order valence-corrected chi connectivity index (χ3v) is 4.78. The van der Waals surface area contributed by atoms with Gasteiger partial charge < -0.3 is 11.1 Å². The second-order valence-electron chi connectivity index (χ2n) is 5.68. The minimum atomic E-state index is -4.45. The number of hydrogen-bond acceptors (Lipinski definition) is 3. The fraction of sp³-hybridized carbons (Fsp3) is 0.643. The number of rotatable bonds is 3. The van der Waals surface area contributed by atoms with Crippen LogP contribution in [-0.4, -0.2) is 17.1 Å². The molecular formula is C14H19BrF3N3. The Hall–Kier alpha value is -0.820. The van der Waals surface area contributed by atoms with Gasteiger partial charge in [0.05, 0.1) is 11.1 Å². The van der Waals surface area contributed by atoms with Crippen LogP contribution in [0, 0.1) is 5.92 Å². The molecule has 0 radical (unpaired) electrons. The molecule has 3 N–H and O–H groups in total. The van der Waals surface area contributed by atoms with E-state index in [0.29, 0.717) is 11.0 Å². The molecule has 1 aliphatic carbocycles. The second-order valence-corrected chi connectivity index (χ2v) is 6.60. The van der Waals surface area contributed by atoms with E-state index in [1.165, 1.54) is 6.20 Å². The zero-order valence-electron chi connectivity index (χ0n) is 11.8. The van der Waals surface area contributed by atoms with Crippen LogP contribution in [0.1, 0.15) is 38.2 Å². The summed E-state index contributed by atoms with van der Waals surface area (Å²) in [5, 5.41) is 3.02. The second kappa shape index (κ2) is 6.12. The van der Waals surface area contributed by atoms with Crippen molar-refractivity contribution in [2.24, 2.45) is 11.7 Å². The number of halogens is 4. The number of anilines is 1. The number of nitrogens with one attached hydrogen (secondary N) is 1. The molecule has 1 aromatic heterocycles. The first-order chi connectivity index (χ1) is 9.78. The SMILES string of the molecule is CC1CCCCC1(CN)Nc1ncc(Br)cc1C(F)(F)F. The smallest absolute Gasteiger partial charge is 0.363 e. The number of alkyl halides is 3. The quantitative estimate of drug-likeness (QED) is 0.844. The third-order valence-electron chi connectivity index (χ3n) is 4.34. The van der Waals surface area contributed by atoms with E-state index in [9.17, 15) is 13.2 Å². The molecule has 0 bridgehead atoms.